The third-order valence-electron chi connectivity index (χ3n) is 4.12. The van der Waals surface area contributed by atoms with E-state index in [1.165, 1.54) is 0 Å². The van der Waals surface area contributed by atoms with Gasteiger partial charge in [0.15, 0.2) is 0 Å². The number of aromatic nitrogens is 2. The fourth-order valence-corrected chi connectivity index (χ4v) is 2.90. The summed E-state index contributed by atoms with van der Waals surface area (Å²) in [5, 5.41) is 0. The normalized spacial score (nSPS) is 18.9. The van der Waals surface area contributed by atoms with E-state index in [4.69, 9.17) is 5.73 Å². The van der Waals surface area contributed by atoms with Gasteiger partial charge in [-0.3, -0.25) is 4.79 Å². The van der Waals surface area contributed by atoms with Crippen molar-refractivity contribution in [2.45, 2.75) is 45.6 Å². The third kappa shape index (κ3) is 3.74. The molecular formula is C16H27N5O. The minimum absolute atomic E-state index is 0.112. The van der Waals surface area contributed by atoms with Crippen LogP contribution in [0.5, 0.6) is 0 Å². The summed E-state index contributed by atoms with van der Waals surface area (Å²) in [4.78, 5) is 25.5. The van der Waals surface area contributed by atoms with Crippen LogP contribution >= 0.6 is 0 Å². The number of hydrogen-bond donors (Lipinski definition) is 1. The summed E-state index contributed by atoms with van der Waals surface area (Å²) in [5.74, 6) is 1.79. The number of aryl methyl sites for hydroxylation is 1. The molecule has 0 aliphatic carbocycles. The number of carbonyl (C=O) groups is 1. The summed E-state index contributed by atoms with van der Waals surface area (Å²) in [6.45, 7) is 6.15. The van der Waals surface area contributed by atoms with E-state index in [1.807, 2.05) is 24.9 Å². The molecule has 1 unspecified atom stereocenters. The van der Waals surface area contributed by atoms with Crippen LogP contribution in [0.3, 0.4) is 0 Å². The molecule has 0 spiro atoms. The van der Waals surface area contributed by atoms with E-state index in [2.05, 4.69) is 21.8 Å². The van der Waals surface area contributed by atoms with Crippen LogP contribution < -0.4 is 10.6 Å². The maximum atomic E-state index is 12.5. The zero-order valence-electron chi connectivity index (χ0n) is 13.9. The van der Waals surface area contributed by atoms with Gasteiger partial charge in [-0.1, -0.05) is 19.8 Å². The molecule has 6 nitrogen and oxygen atoms in total. The van der Waals surface area contributed by atoms with Gasteiger partial charge in [0.25, 0.3) is 0 Å². The standard InChI is InChI=1S/C16H27N5O/c1-4-5-6-14-16(22)20(3)9-10-21(14)15-11-13(7-8-17)18-12(2)19-15/h11,14H,4-10,17H2,1-3H3. The van der Waals surface area contributed by atoms with Crippen LogP contribution in [-0.4, -0.2) is 53.5 Å². The Kier molecular flexibility index (Phi) is 5.71. The van der Waals surface area contributed by atoms with E-state index in [9.17, 15) is 4.79 Å². The number of piperazine rings is 1. The van der Waals surface area contributed by atoms with Crippen molar-refractivity contribution in [2.24, 2.45) is 5.73 Å². The first kappa shape index (κ1) is 16.7. The monoisotopic (exact) mass is 305 g/mol. The van der Waals surface area contributed by atoms with Crippen molar-refractivity contribution < 1.29 is 4.79 Å². The molecule has 2 N–H and O–H groups in total. The molecule has 1 aromatic rings. The Balaban J connectivity index is 2.29. The van der Waals surface area contributed by atoms with Gasteiger partial charge in [-0.15, -0.1) is 0 Å². The lowest BCUT2D eigenvalue weighted by Crippen LogP contribution is -2.56. The maximum absolute atomic E-state index is 12.5. The molecule has 1 aliphatic heterocycles. The first-order valence-electron chi connectivity index (χ1n) is 8.13. The van der Waals surface area contributed by atoms with Crippen molar-refractivity contribution in [2.75, 3.05) is 31.6 Å². The first-order valence-corrected chi connectivity index (χ1v) is 8.13. The van der Waals surface area contributed by atoms with Crippen molar-refractivity contribution >= 4 is 11.7 Å². The molecule has 0 radical (unpaired) electrons. The van der Waals surface area contributed by atoms with Crippen LogP contribution in [0.2, 0.25) is 0 Å². The summed E-state index contributed by atoms with van der Waals surface area (Å²) in [7, 11) is 1.88. The van der Waals surface area contributed by atoms with Gasteiger partial charge in [-0.2, -0.15) is 0 Å². The second-order valence-corrected chi connectivity index (χ2v) is 5.91. The predicted molar refractivity (Wildman–Crippen MR) is 87.8 cm³/mol. The second kappa shape index (κ2) is 7.54. The minimum atomic E-state index is -0.112. The van der Waals surface area contributed by atoms with Gasteiger partial charge in [0.1, 0.15) is 17.7 Å². The number of nitrogens with two attached hydrogens (primary N) is 1. The van der Waals surface area contributed by atoms with Crippen LogP contribution in [0.4, 0.5) is 5.82 Å². The highest BCUT2D eigenvalue weighted by Gasteiger charge is 2.33. The van der Waals surface area contributed by atoms with Gasteiger partial charge in [-0.25, -0.2) is 9.97 Å². The Labute approximate surface area is 132 Å². The summed E-state index contributed by atoms with van der Waals surface area (Å²) in [6, 6.07) is 1.87. The molecular weight excluding hydrogens is 278 g/mol. The van der Waals surface area contributed by atoms with Crippen molar-refractivity contribution in [3.8, 4) is 0 Å². The van der Waals surface area contributed by atoms with Crippen molar-refractivity contribution in [3.05, 3.63) is 17.6 Å². The lowest BCUT2D eigenvalue weighted by atomic mass is 10.0. The fraction of sp³-hybridized carbons (Fsp3) is 0.688. The van der Waals surface area contributed by atoms with E-state index < -0.39 is 0 Å². The molecule has 2 heterocycles. The Bertz CT molecular complexity index is 519. The summed E-state index contributed by atoms with van der Waals surface area (Å²) in [6.07, 6.45) is 3.73. The van der Waals surface area contributed by atoms with E-state index in [0.717, 1.165) is 56.1 Å². The van der Waals surface area contributed by atoms with E-state index in [-0.39, 0.29) is 11.9 Å². The summed E-state index contributed by atoms with van der Waals surface area (Å²) < 4.78 is 0. The number of likely N-dealkylation sites (N-methyl/N-ethyl adjacent to an activating group) is 1. The zero-order valence-corrected chi connectivity index (χ0v) is 13.9. The second-order valence-electron chi connectivity index (χ2n) is 5.91. The van der Waals surface area contributed by atoms with Crippen molar-refractivity contribution in [1.29, 1.82) is 0 Å². The van der Waals surface area contributed by atoms with E-state index in [1.54, 1.807) is 0 Å². The van der Waals surface area contributed by atoms with Crippen LogP contribution in [0.1, 0.15) is 37.7 Å². The van der Waals surface area contributed by atoms with Gasteiger partial charge < -0.3 is 15.5 Å². The van der Waals surface area contributed by atoms with Crippen molar-refractivity contribution in [1.82, 2.24) is 14.9 Å². The number of carbonyl (C=O) groups excluding carboxylic acids is 1. The maximum Gasteiger partial charge on any atom is 0.245 e. The fourth-order valence-electron chi connectivity index (χ4n) is 2.90. The average molecular weight is 305 g/mol. The zero-order chi connectivity index (χ0) is 16.1. The average Bonchev–Trinajstić information content (AvgIpc) is 2.48. The molecule has 6 heteroatoms. The SMILES string of the molecule is CCCCC1C(=O)N(C)CCN1c1cc(CCN)nc(C)n1. The van der Waals surface area contributed by atoms with Gasteiger partial charge in [-0.05, 0) is 19.9 Å². The number of hydrogen-bond acceptors (Lipinski definition) is 5. The van der Waals surface area contributed by atoms with Gasteiger partial charge in [0.05, 0.1) is 0 Å². The lowest BCUT2D eigenvalue weighted by molar-refractivity contribution is -0.133. The highest BCUT2D eigenvalue weighted by Crippen LogP contribution is 2.23. The molecule has 0 aromatic carbocycles. The largest absolute Gasteiger partial charge is 0.343 e. The lowest BCUT2D eigenvalue weighted by Gasteiger charge is -2.40. The van der Waals surface area contributed by atoms with E-state index >= 15 is 0 Å². The molecule has 1 aromatic heterocycles. The smallest absolute Gasteiger partial charge is 0.245 e. The Morgan fingerprint density at radius 3 is 2.82 bits per heavy atom. The molecule has 1 amide bonds. The summed E-state index contributed by atoms with van der Waals surface area (Å²) >= 11 is 0. The molecule has 1 atom stereocenters. The number of unbranched alkanes of at least 4 members (excludes halogenated alkanes) is 1. The molecule has 0 bridgehead atoms. The molecule has 122 valence electrons. The van der Waals surface area contributed by atoms with Gasteiger partial charge >= 0.3 is 0 Å². The molecule has 1 saturated heterocycles. The van der Waals surface area contributed by atoms with Crippen LogP contribution in [0.15, 0.2) is 6.07 Å². The Morgan fingerprint density at radius 2 is 2.14 bits per heavy atom. The molecule has 2 rings (SSSR count). The predicted octanol–water partition coefficient (Wildman–Crippen LogP) is 1.12. The van der Waals surface area contributed by atoms with Gasteiger partial charge in [0.2, 0.25) is 5.91 Å². The summed E-state index contributed by atoms with van der Waals surface area (Å²) in [5.41, 5.74) is 6.59. The molecule has 0 saturated carbocycles. The number of nitrogens with zero attached hydrogens (tertiary/aromatic N) is 4. The third-order valence-corrected chi connectivity index (χ3v) is 4.12. The Morgan fingerprint density at radius 1 is 1.36 bits per heavy atom. The van der Waals surface area contributed by atoms with Crippen LogP contribution in [0.25, 0.3) is 0 Å². The molecule has 1 fully saturated rings. The van der Waals surface area contributed by atoms with E-state index in [0.29, 0.717) is 6.54 Å². The van der Waals surface area contributed by atoms with Gasteiger partial charge in [0, 0.05) is 38.3 Å². The topological polar surface area (TPSA) is 75.4 Å². The van der Waals surface area contributed by atoms with Crippen LogP contribution in [0, 0.1) is 6.92 Å². The number of rotatable bonds is 6. The Hall–Kier alpha value is -1.69. The highest BCUT2D eigenvalue weighted by molar-refractivity contribution is 5.86. The van der Waals surface area contributed by atoms with Crippen LogP contribution in [-0.2, 0) is 11.2 Å². The van der Waals surface area contributed by atoms with Crippen molar-refractivity contribution in [3.63, 3.8) is 0 Å². The minimum Gasteiger partial charge on any atom is -0.343 e. The molecule has 22 heavy (non-hydrogen) atoms. The number of amides is 1. The first-order chi connectivity index (χ1) is 10.6. The highest BCUT2D eigenvalue weighted by atomic mass is 16.2. The quantitative estimate of drug-likeness (QED) is 0.852. The number of anilines is 1. The molecule has 1 aliphatic rings.